The second-order valence-corrected chi connectivity index (χ2v) is 6.67. The first kappa shape index (κ1) is 17.3. The molecule has 0 fully saturated rings. The molecular formula is C20H14Cl2N2O. The fraction of sp³-hybridized carbons (Fsp3) is 0.100. The zero-order valence-electron chi connectivity index (χ0n) is 13.7. The molecule has 25 heavy (non-hydrogen) atoms. The number of H-pyrrole nitrogens is 1. The second-order valence-electron chi connectivity index (χ2n) is 5.86. The zero-order valence-corrected chi connectivity index (χ0v) is 15.2. The summed E-state index contributed by atoms with van der Waals surface area (Å²) >= 11 is 12.0. The van der Waals surface area contributed by atoms with Crippen LogP contribution in [0.2, 0.25) is 10.0 Å². The Morgan fingerprint density at radius 1 is 0.960 bits per heavy atom. The van der Waals surface area contributed by atoms with Gasteiger partial charge in [-0.3, -0.25) is 4.79 Å². The molecule has 0 aliphatic rings. The summed E-state index contributed by atoms with van der Waals surface area (Å²) in [5.74, 6) is 0. The summed E-state index contributed by atoms with van der Waals surface area (Å²) in [6.45, 7) is 3.96. The Morgan fingerprint density at radius 2 is 1.72 bits per heavy atom. The van der Waals surface area contributed by atoms with Crippen LogP contribution in [0.4, 0.5) is 0 Å². The van der Waals surface area contributed by atoms with Crippen molar-refractivity contribution in [1.82, 2.24) is 4.98 Å². The maximum atomic E-state index is 12.4. The van der Waals surface area contributed by atoms with Gasteiger partial charge in [0, 0.05) is 11.3 Å². The molecule has 0 saturated heterocycles. The van der Waals surface area contributed by atoms with Gasteiger partial charge in [-0.25, -0.2) is 0 Å². The lowest BCUT2D eigenvalue weighted by atomic mass is 9.94. The third-order valence-corrected chi connectivity index (χ3v) is 4.79. The van der Waals surface area contributed by atoms with Crippen LogP contribution < -0.4 is 5.56 Å². The van der Waals surface area contributed by atoms with Gasteiger partial charge < -0.3 is 4.98 Å². The molecular weight excluding hydrogens is 355 g/mol. The number of aromatic nitrogens is 1. The van der Waals surface area contributed by atoms with E-state index in [1.165, 1.54) is 0 Å². The molecule has 1 N–H and O–H groups in total. The number of halogens is 2. The number of rotatable bonds is 2. The number of nitrogens with one attached hydrogen (secondary N) is 1. The van der Waals surface area contributed by atoms with E-state index in [1.807, 2.05) is 38.1 Å². The maximum Gasteiger partial charge on any atom is 0.266 e. The van der Waals surface area contributed by atoms with Crippen LogP contribution in [-0.2, 0) is 0 Å². The minimum Gasteiger partial charge on any atom is -0.321 e. The lowest BCUT2D eigenvalue weighted by Crippen LogP contribution is -2.13. The molecule has 5 heteroatoms. The van der Waals surface area contributed by atoms with Crippen LogP contribution >= 0.6 is 23.2 Å². The Balaban J connectivity index is 2.28. The lowest BCUT2D eigenvalue weighted by molar-refractivity contribution is 1.21. The van der Waals surface area contributed by atoms with Crippen molar-refractivity contribution in [2.24, 2.45) is 0 Å². The number of nitriles is 1. The molecule has 124 valence electrons. The third-order valence-electron chi connectivity index (χ3n) is 4.05. The summed E-state index contributed by atoms with van der Waals surface area (Å²) in [5.41, 5.74) is 4.55. The maximum absolute atomic E-state index is 12.4. The first-order chi connectivity index (χ1) is 11.9. The second kappa shape index (κ2) is 6.76. The minimum absolute atomic E-state index is 0.0933. The van der Waals surface area contributed by atoms with Crippen LogP contribution in [-0.4, -0.2) is 4.98 Å². The molecule has 0 unspecified atom stereocenters. The average Bonchev–Trinajstić information content (AvgIpc) is 2.56. The molecule has 0 amide bonds. The van der Waals surface area contributed by atoms with Crippen LogP contribution in [0.3, 0.4) is 0 Å². The molecule has 3 nitrogen and oxygen atoms in total. The number of nitrogens with zero attached hydrogens (tertiary/aromatic N) is 1. The molecule has 2 aromatic carbocycles. The van der Waals surface area contributed by atoms with Crippen molar-refractivity contribution in [3.63, 3.8) is 0 Å². The van der Waals surface area contributed by atoms with E-state index < -0.39 is 5.56 Å². The normalized spacial score (nSPS) is 10.5. The van der Waals surface area contributed by atoms with Crippen LogP contribution in [0.15, 0.2) is 47.3 Å². The van der Waals surface area contributed by atoms with E-state index in [0.717, 1.165) is 22.3 Å². The number of hydrogen-bond donors (Lipinski definition) is 1. The van der Waals surface area contributed by atoms with Gasteiger partial charge in [0.25, 0.3) is 5.56 Å². The summed E-state index contributed by atoms with van der Waals surface area (Å²) in [6.07, 6.45) is 0. The Labute approximate surface area is 155 Å². The van der Waals surface area contributed by atoms with E-state index in [9.17, 15) is 10.1 Å². The van der Waals surface area contributed by atoms with Crippen molar-refractivity contribution >= 4 is 23.2 Å². The van der Waals surface area contributed by atoms with Gasteiger partial charge in [-0.2, -0.15) is 5.26 Å². The van der Waals surface area contributed by atoms with Gasteiger partial charge in [-0.1, -0.05) is 53.0 Å². The van der Waals surface area contributed by atoms with E-state index in [-0.39, 0.29) is 5.56 Å². The van der Waals surface area contributed by atoms with Gasteiger partial charge in [-0.15, -0.1) is 0 Å². The fourth-order valence-electron chi connectivity index (χ4n) is 2.82. The molecule has 0 atom stereocenters. The average molecular weight is 369 g/mol. The highest BCUT2D eigenvalue weighted by Gasteiger charge is 2.14. The molecule has 0 aliphatic heterocycles. The Morgan fingerprint density at radius 3 is 2.36 bits per heavy atom. The van der Waals surface area contributed by atoms with Crippen molar-refractivity contribution in [1.29, 1.82) is 5.26 Å². The Hall–Kier alpha value is -2.54. The quantitative estimate of drug-likeness (QED) is 0.648. The van der Waals surface area contributed by atoms with Crippen molar-refractivity contribution in [3.05, 3.63) is 79.6 Å². The lowest BCUT2D eigenvalue weighted by Gasteiger charge is -2.11. The highest BCUT2D eigenvalue weighted by molar-refractivity contribution is 6.42. The Bertz CT molecular complexity index is 1080. The standard InChI is InChI=1S/C20H14Cl2N2O/c1-11-3-5-14(12(2)7-11)15-9-19(24-20(25)16(15)10-23)13-4-6-17(21)18(22)8-13/h3-9H,1-2H3,(H,24,25). The van der Waals surface area contributed by atoms with Gasteiger partial charge in [0.15, 0.2) is 0 Å². The first-order valence-electron chi connectivity index (χ1n) is 7.61. The monoisotopic (exact) mass is 368 g/mol. The van der Waals surface area contributed by atoms with Crippen molar-refractivity contribution in [2.45, 2.75) is 13.8 Å². The largest absolute Gasteiger partial charge is 0.321 e. The zero-order chi connectivity index (χ0) is 18.1. The molecule has 0 spiro atoms. The molecule has 1 heterocycles. The summed E-state index contributed by atoms with van der Waals surface area (Å²) in [7, 11) is 0. The molecule has 3 aromatic rings. The number of aromatic amines is 1. The predicted molar refractivity (Wildman–Crippen MR) is 102 cm³/mol. The molecule has 0 radical (unpaired) electrons. The highest BCUT2D eigenvalue weighted by Crippen LogP contribution is 2.31. The topological polar surface area (TPSA) is 56.6 Å². The number of aryl methyl sites for hydroxylation is 2. The summed E-state index contributed by atoms with van der Waals surface area (Å²) in [5, 5.41) is 10.3. The van der Waals surface area contributed by atoms with Crippen LogP contribution in [0.1, 0.15) is 16.7 Å². The SMILES string of the molecule is Cc1ccc(-c2cc(-c3ccc(Cl)c(Cl)c3)[nH]c(=O)c2C#N)c(C)c1. The van der Waals surface area contributed by atoms with Gasteiger partial charge in [0.1, 0.15) is 11.6 Å². The van der Waals surface area contributed by atoms with E-state index >= 15 is 0 Å². The predicted octanol–water partition coefficient (Wildman–Crippen LogP) is 5.50. The molecule has 0 bridgehead atoms. The van der Waals surface area contributed by atoms with Crippen molar-refractivity contribution < 1.29 is 0 Å². The number of pyridine rings is 1. The van der Waals surface area contributed by atoms with Gasteiger partial charge >= 0.3 is 0 Å². The van der Waals surface area contributed by atoms with Crippen LogP contribution in [0.25, 0.3) is 22.4 Å². The Kier molecular flexibility index (Phi) is 4.67. The number of hydrogen-bond acceptors (Lipinski definition) is 2. The minimum atomic E-state index is -0.430. The van der Waals surface area contributed by atoms with E-state index in [2.05, 4.69) is 4.98 Å². The van der Waals surface area contributed by atoms with Crippen LogP contribution in [0, 0.1) is 25.2 Å². The van der Waals surface area contributed by atoms with E-state index in [1.54, 1.807) is 24.3 Å². The third kappa shape index (κ3) is 3.32. The summed E-state index contributed by atoms with van der Waals surface area (Å²) in [4.78, 5) is 15.2. The fourth-order valence-corrected chi connectivity index (χ4v) is 3.12. The van der Waals surface area contributed by atoms with E-state index in [4.69, 9.17) is 23.2 Å². The molecule has 1 aromatic heterocycles. The smallest absolute Gasteiger partial charge is 0.266 e. The summed E-state index contributed by atoms with van der Waals surface area (Å²) < 4.78 is 0. The summed E-state index contributed by atoms with van der Waals surface area (Å²) in [6, 6.07) is 14.9. The van der Waals surface area contributed by atoms with E-state index in [0.29, 0.717) is 21.3 Å². The molecule has 3 rings (SSSR count). The number of benzene rings is 2. The van der Waals surface area contributed by atoms with Crippen molar-refractivity contribution in [3.8, 4) is 28.5 Å². The van der Waals surface area contributed by atoms with Gasteiger partial charge in [-0.05, 0) is 48.7 Å². The molecule has 0 aliphatic carbocycles. The van der Waals surface area contributed by atoms with Gasteiger partial charge in [0.05, 0.1) is 10.0 Å². The van der Waals surface area contributed by atoms with Crippen LogP contribution in [0.5, 0.6) is 0 Å². The molecule has 0 saturated carbocycles. The highest BCUT2D eigenvalue weighted by atomic mass is 35.5. The van der Waals surface area contributed by atoms with Crippen molar-refractivity contribution in [2.75, 3.05) is 0 Å². The van der Waals surface area contributed by atoms with Gasteiger partial charge in [0.2, 0.25) is 0 Å². The first-order valence-corrected chi connectivity index (χ1v) is 8.37.